The largest absolute Gasteiger partial charge is 0.507 e. The van der Waals surface area contributed by atoms with Gasteiger partial charge in [-0.05, 0) is 18.9 Å². The molecule has 128 valence electrons. The Bertz CT molecular complexity index is 669. The number of nitro groups is 1. The number of nitrogens with zero attached hydrogens (tertiary/aromatic N) is 2. The fourth-order valence-electron chi connectivity index (χ4n) is 2.06. The van der Waals surface area contributed by atoms with E-state index in [4.69, 9.17) is 4.74 Å². The van der Waals surface area contributed by atoms with Crippen LogP contribution in [0.25, 0.3) is 0 Å². The minimum atomic E-state index is -0.992. The predicted molar refractivity (Wildman–Crippen MR) is 82.5 cm³/mol. The topological polar surface area (TPSA) is 143 Å². The summed E-state index contributed by atoms with van der Waals surface area (Å²) < 4.78 is 5.31. The highest BCUT2D eigenvalue weighted by molar-refractivity contribution is 6.35. The van der Waals surface area contributed by atoms with Crippen molar-refractivity contribution in [2.24, 2.45) is 5.10 Å². The van der Waals surface area contributed by atoms with Crippen molar-refractivity contribution in [2.75, 3.05) is 13.2 Å². The van der Waals surface area contributed by atoms with Crippen LogP contribution in [0.4, 0.5) is 5.69 Å². The van der Waals surface area contributed by atoms with Crippen molar-refractivity contribution in [1.82, 2.24) is 10.7 Å². The zero-order valence-electron chi connectivity index (χ0n) is 12.6. The highest BCUT2D eigenvalue weighted by Gasteiger charge is 2.19. The molecule has 1 aliphatic heterocycles. The normalized spacial score (nSPS) is 16.9. The Kier molecular flexibility index (Phi) is 5.79. The molecule has 10 heteroatoms. The third-order valence-electron chi connectivity index (χ3n) is 3.31. The van der Waals surface area contributed by atoms with E-state index in [1.165, 1.54) is 0 Å². The molecule has 2 amide bonds. The second-order valence-corrected chi connectivity index (χ2v) is 5.04. The van der Waals surface area contributed by atoms with E-state index < -0.39 is 16.7 Å². The molecule has 1 saturated heterocycles. The van der Waals surface area contributed by atoms with Gasteiger partial charge < -0.3 is 15.2 Å². The molecule has 0 aromatic heterocycles. The van der Waals surface area contributed by atoms with E-state index in [0.717, 1.165) is 37.3 Å². The van der Waals surface area contributed by atoms with E-state index in [1.54, 1.807) is 0 Å². The summed E-state index contributed by atoms with van der Waals surface area (Å²) in [5.41, 5.74) is 1.77. The lowest BCUT2D eigenvalue weighted by Gasteiger charge is -2.09. The number of phenolic OH excluding ortho intramolecular Hbond substituents is 1. The molecule has 1 atom stereocenters. The Balaban J connectivity index is 1.86. The molecule has 0 spiro atoms. The number of nitrogens with one attached hydrogen (secondary N) is 2. The smallest absolute Gasteiger partial charge is 0.329 e. The van der Waals surface area contributed by atoms with Crippen molar-refractivity contribution in [3.8, 4) is 5.75 Å². The molecule has 0 bridgehead atoms. The Hall–Kier alpha value is -3.01. The Morgan fingerprint density at radius 2 is 2.25 bits per heavy atom. The number of rotatable bonds is 5. The first-order valence-electron chi connectivity index (χ1n) is 7.17. The van der Waals surface area contributed by atoms with Crippen molar-refractivity contribution < 1.29 is 24.4 Å². The molecule has 1 unspecified atom stereocenters. The second-order valence-electron chi connectivity index (χ2n) is 5.04. The molecular weight excluding hydrogens is 320 g/mol. The van der Waals surface area contributed by atoms with E-state index in [-0.39, 0.29) is 29.6 Å². The number of carbonyl (C=O) groups excluding carboxylic acids is 2. The molecule has 1 aliphatic rings. The molecule has 24 heavy (non-hydrogen) atoms. The van der Waals surface area contributed by atoms with Gasteiger partial charge in [0.1, 0.15) is 5.75 Å². The zero-order chi connectivity index (χ0) is 17.5. The van der Waals surface area contributed by atoms with Crippen molar-refractivity contribution in [1.29, 1.82) is 0 Å². The summed E-state index contributed by atoms with van der Waals surface area (Å²) in [7, 11) is 0. The van der Waals surface area contributed by atoms with Crippen LogP contribution in [-0.4, -0.2) is 47.3 Å². The van der Waals surface area contributed by atoms with Gasteiger partial charge in [0.15, 0.2) is 0 Å². The number of nitro benzene ring substituents is 1. The molecule has 3 N–H and O–H groups in total. The highest BCUT2D eigenvalue weighted by atomic mass is 16.6. The van der Waals surface area contributed by atoms with E-state index in [2.05, 4.69) is 10.4 Å². The van der Waals surface area contributed by atoms with Gasteiger partial charge in [0.05, 0.1) is 17.2 Å². The minimum absolute atomic E-state index is 0.0317. The molecule has 1 fully saturated rings. The Morgan fingerprint density at radius 1 is 1.46 bits per heavy atom. The number of non-ortho nitro benzene ring substituents is 1. The second kappa shape index (κ2) is 8.02. The van der Waals surface area contributed by atoms with Gasteiger partial charge in [0, 0.05) is 30.8 Å². The molecular formula is C14H16N4O6. The van der Waals surface area contributed by atoms with Crippen molar-refractivity contribution >= 4 is 23.7 Å². The number of hydrogen-bond donors (Lipinski definition) is 3. The van der Waals surface area contributed by atoms with Crippen LogP contribution in [-0.2, 0) is 14.3 Å². The molecule has 1 heterocycles. The number of amides is 2. The van der Waals surface area contributed by atoms with E-state index >= 15 is 0 Å². The number of hydrazone groups is 1. The van der Waals surface area contributed by atoms with Crippen molar-refractivity contribution in [3.05, 3.63) is 33.9 Å². The summed E-state index contributed by atoms with van der Waals surface area (Å²) in [4.78, 5) is 33.1. The zero-order valence-corrected chi connectivity index (χ0v) is 12.6. The van der Waals surface area contributed by atoms with Gasteiger partial charge in [0.2, 0.25) is 0 Å². The Morgan fingerprint density at radius 3 is 2.92 bits per heavy atom. The van der Waals surface area contributed by atoms with Crippen LogP contribution in [0.2, 0.25) is 0 Å². The van der Waals surface area contributed by atoms with Crippen LogP contribution in [0.3, 0.4) is 0 Å². The average molecular weight is 336 g/mol. The van der Waals surface area contributed by atoms with Crippen LogP contribution in [0.1, 0.15) is 18.4 Å². The standard InChI is InChI=1S/C14H16N4O6/c19-12-4-3-10(18(22)23)6-9(12)7-16-17-14(21)13(20)15-8-11-2-1-5-24-11/h3-4,6-7,11,19H,1-2,5,8H2,(H,15,20)(H,17,21). The van der Waals surface area contributed by atoms with Gasteiger partial charge in [-0.25, -0.2) is 5.43 Å². The van der Waals surface area contributed by atoms with Crippen molar-refractivity contribution in [3.63, 3.8) is 0 Å². The van der Waals surface area contributed by atoms with E-state index in [1.807, 2.05) is 5.43 Å². The summed E-state index contributed by atoms with van der Waals surface area (Å²) in [5.74, 6) is -2.11. The van der Waals surface area contributed by atoms with Gasteiger partial charge in [-0.1, -0.05) is 0 Å². The van der Waals surface area contributed by atoms with Crippen LogP contribution in [0, 0.1) is 10.1 Å². The number of benzene rings is 1. The van der Waals surface area contributed by atoms with Crippen LogP contribution in [0.5, 0.6) is 5.75 Å². The summed E-state index contributed by atoms with van der Waals surface area (Å²) in [6, 6.07) is 3.35. The number of carbonyl (C=O) groups is 2. The lowest BCUT2D eigenvalue weighted by atomic mass is 10.2. The lowest BCUT2D eigenvalue weighted by Crippen LogP contribution is -2.41. The van der Waals surface area contributed by atoms with E-state index in [0.29, 0.717) is 6.61 Å². The van der Waals surface area contributed by atoms with Gasteiger partial charge in [0.25, 0.3) is 5.69 Å². The molecule has 0 aliphatic carbocycles. The number of ether oxygens (including phenoxy) is 1. The predicted octanol–water partition coefficient (Wildman–Crippen LogP) is 0.0457. The lowest BCUT2D eigenvalue weighted by molar-refractivity contribution is -0.384. The molecule has 1 aromatic carbocycles. The summed E-state index contributed by atoms with van der Waals surface area (Å²) in [5, 5.41) is 26.2. The monoisotopic (exact) mass is 336 g/mol. The molecule has 2 rings (SSSR count). The van der Waals surface area contributed by atoms with E-state index in [9.17, 15) is 24.8 Å². The third kappa shape index (κ3) is 4.74. The first-order valence-corrected chi connectivity index (χ1v) is 7.17. The number of aromatic hydroxyl groups is 1. The molecule has 1 aromatic rings. The van der Waals surface area contributed by atoms with Crippen LogP contribution >= 0.6 is 0 Å². The molecule has 0 saturated carbocycles. The maximum absolute atomic E-state index is 11.6. The highest BCUT2D eigenvalue weighted by Crippen LogP contribution is 2.21. The van der Waals surface area contributed by atoms with Gasteiger partial charge >= 0.3 is 11.8 Å². The van der Waals surface area contributed by atoms with Crippen LogP contribution in [0.15, 0.2) is 23.3 Å². The third-order valence-corrected chi connectivity index (χ3v) is 3.31. The number of phenols is 1. The number of hydrogen-bond acceptors (Lipinski definition) is 7. The quantitative estimate of drug-likeness (QED) is 0.300. The Labute approximate surface area is 136 Å². The fourth-order valence-corrected chi connectivity index (χ4v) is 2.06. The first kappa shape index (κ1) is 17.3. The van der Waals surface area contributed by atoms with Gasteiger partial charge in [-0.3, -0.25) is 19.7 Å². The van der Waals surface area contributed by atoms with Crippen LogP contribution < -0.4 is 10.7 Å². The first-order chi connectivity index (χ1) is 11.5. The maximum atomic E-state index is 11.6. The average Bonchev–Trinajstić information content (AvgIpc) is 3.07. The maximum Gasteiger partial charge on any atom is 0.329 e. The fraction of sp³-hybridized carbons (Fsp3) is 0.357. The minimum Gasteiger partial charge on any atom is -0.507 e. The SMILES string of the molecule is O=C(NCC1CCCO1)C(=O)NN=Cc1cc([N+](=O)[O-])ccc1O. The summed E-state index contributed by atoms with van der Waals surface area (Å²) in [6.07, 6.45) is 2.66. The summed E-state index contributed by atoms with van der Waals surface area (Å²) in [6.45, 7) is 0.880. The van der Waals surface area contributed by atoms with Gasteiger partial charge in [-0.2, -0.15) is 5.10 Å². The molecule has 0 radical (unpaired) electrons. The molecule has 10 nitrogen and oxygen atoms in total. The summed E-state index contributed by atoms with van der Waals surface area (Å²) >= 11 is 0. The van der Waals surface area contributed by atoms with Crippen molar-refractivity contribution in [2.45, 2.75) is 18.9 Å². The van der Waals surface area contributed by atoms with Gasteiger partial charge in [-0.15, -0.1) is 0 Å².